The van der Waals surface area contributed by atoms with Crippen molar-refractivity contribution < 1.29 is 13.2 Å². The van der Waals surface area contributed by atoms with E-state index in [-0.39, 0.29) is 10.9 Å². The number of rotatable bonds is 7. The van der Waals surface area contributed by atoms with E-state index in [1.807, 2.05) is 13.8 Å². The molecule has 2 N–H and O–H groups in total. The minimum atomic E-state index is -3.75. The highest BCUT2D eigenvalue weighted by molar-refractivity contribution is 7.89. The molecule has 21 heavy (non-hydrogen) atoms. The molecule has 0 saturated carbocycles. The summed E-state index contributed by atoms with van der Waals surface area (Å²) in [7, 11) is 0.880. The average Bonchev–Trinajstić information content (AvgIpc) is 2.34. The normalized spacial score (nSPS) is 12.2. The first-order chi connectivity index (χ1) is 9.67. The second kappa shape index (κ2) is 7.42. The minimum absolute atomic E-state index is 0.0201. The lowest BCUT2D eigenvalue weighted by atomic mass is 10.2. The molecule has 1 aromatic rings. The van der Waals surface area contributed by atoms with Crippen molar-refractivity contribution in [1.29, 1.82) is 0 Å². The number of hydrazine groups is 1. The van der Waals surface area contributed by atoms with E-state index in [0.29, 0.717) is 22.9 Å². The van der Waals surface area contributed by atoms with Gasteiger partial charge in [0.1, 0.15) is 10.6 Å². The maximum absolute atomic E-state index is 12.4. The van der Waals surface area contributed by atoms with Gasteiger partial charge < -0.3 is 10.1 Å². The average molecular weight is 336 g/mol. The second-order valence-electron chi connectivity index (χ2n) is 5.12. The lowest BCUT2D eigenvalue weighted by Gasteiger charge is -2.18. The smallest absolute Gasteiger partial charge is 0.257 e. The van der Waals surface area contributed by atoms with Gasteiger partial charge in [0, 0.05) is 37.3 Å². The van der Waals surface area contributed by atoms with Crippen molar-refractivity contribution in [3.63, 3.8) is 0 Å². The number of ether oxygens (including phenoxy) is 1. The van der Waals surface area contributed by atoms with E-state index in [0.717, 1.165) is 0 Å². The van der Waals surface area contributed by atoms with Crippen LogP contribution in [0.3, 0.4) is 0 Å². The van der Waals surface area contributed by atoms with Crippen LogP contribution in [0.4, 0.5) is 0 Å². The summed E-state index contributed by atoms with van der Waals surface area (Å²) in [5.74, 6) is 0.293. The molecule has 6 nitrogen and oxygen atoms in total. The van der Waals surface area contributed by atoms with Crippen molar-refractivity contribution in [1.82, 2.24) is 15.2 Å². The number of methoxy groups -OCH3 is 1. The highest BCUT2D eigenvalue weighted by Gasteiger charge is 2.23. The Bertz CT molecular complexity index is 589. The molecule has 0 atom stereocenters. The number of benzene rings is 1. The Kier molecular flexibility index (Phi) is 6.42. The van der Waals surface area contributed by atoms with Gasteiger partial charge in [0.05, 0.1) is 7.11 Å². The van der Waals surface area contributed by atoms with Crippen molar-refractivity contribution in [3.05, 3.63) is 22.7 Å². The molecule has 0 aliphatic rings. The molecular weight excluding hydrogens is 314 g/mol. The predicted molar refractivity (Wildman–Crippen MR) is 84.0 cm³/mol. The van der Waals surface area contributed by atoms with E-state index >= 15 is 0 Å². The summed E-state index contributed by atoms with van der Waals surface area (Å²) >= 11 is 6.05. The summed E-state index contributed by atoms with van der Waals surface area (Å²) in [6.45, 7) is 4.47. The summed E-state index contributed by atoms with van der Waals surface area (Å²) < 4.78 is 30.0. The Morgan fingerprint density at radius 2 is 1.95 bits per heavy atom. The van der Waals surface area contributed by atoms with Crippen LogP contribution in [0.25, 0.3) is 0 Å². The molecular formula is C13H22ClN3O3S. The van der Waals surface area contributed by atoms with Crippen molar-refractivity contribution in [2.24, 2.45) is 0 Å². The number of nitrogens with zero attached hydrogens (tertiary/aromatic N) is 1. The van der Waals surface area contributed by atoms with Crippen LogP contribution in [0.2, 0.25) is 5.02 Å². The number of halogens is 1. The van der Waals surface area contributed by atoms with Gasteiger partial charge in [-0.05, 0) is 12.1 Å². The predicted octanol–water partition coefficient (Wildman–Crippen LogP) is 1.60. The molecule has 0 radical (unpaired) electrons. The van der Waals surface area contributed by atoms with E-state index in [4.69, 9.17) is 16.3 Å². The molecule has 1 aromatic carbocycles. The Morgan fingerprint density at radius 1 is 1.33 bits per heavy atom. The Labute approximate surface area is 131 Å². The monoisotopic (exact) mass is 335 g/mol. The number of hydrogen-bond donors (Lipinski definition) is 2. The number of sulfonamides is 1. The van der Waals surface area contributed by atoms with Crippen LogP contribution >= 0.6 is 11.6 Å². The molecule has 8 heteroatoms. The zero-order valence-corrected chi connectivity index (χ0v) is 14.5. The van der Waals surface area contributed by atoms with Crippen LogP contribution in [0.1, 0.15) is 19.4 Å². The topological polar surface area (TPSA) is 70.7 Å². The van der Waals surface area contributed by atoms with Crippen molar-refractivity contribution >= 4 is 21.6 Å². The lowest BCUT2D eigenvalue weighted by molar-refractivity contribution is 0.359. The van der Waals surface area contributed by atoms with Gasteiger partial charge in [0.25, 0.3) is 10.0 Å². The lowest BCUT2D eigenvalue weighted by Crippen LogP contribution is -2.36. The molecule has 0 aliphatic heterocycles. The van der Waals surface area contributed by atoms with Crippen LogP contribution in [0.15, 0.2) is 17.0 Å². The van der Waals surface area contributed by atoms with Crippen molar-refractivity contribution in [2.75, 3.05) is 21.2 Å². The molecule has 0 saturated heterocycles. The standard InChI is InChI=1S/C13H22ClN3O3S/c1-9(2)15-8-10-6-11(14)7-12(13(10)20-5)21(18,19)16-17(3)4/h6-7,9,15-16H,8H2,1-5H3. The summed E-state index contributed by atoms with van der Waals surface area (Å²) in [5.41, 5.74) is 0.692. The SMILES string of the molecule is COc1c(CNC(C)C)cc(Cl)cc1S(=O)(=O)NN(C)C. The van der Waals surface area contributed by atoms with Gasteiger partial charge in [-0.2, -0.15) is 0 Å². The molecule has 0 bridgehead atoms. The molecule has 0 amide bonds. The van der Waals surface area contributed by atoms with Gasteiger partial charge in [-0.15, -0.1) is 4.83 Å². The first-order valence-corrected chi connectivity index (χ1v) is 8.33. The third-order valence-corrected chi connectivity index (χ3v) is 4.30. The van der Waals surface area contributed by atoms with Gasteiger partial charge in [-0.1, -0.05) is 25.4 Å². The molecule has 0 spiro atoms. The van der Waals surface area contributed by atoms with E-state index in [1.54, 1.807) is 20.2 Å². The summed E-state index contributed by atoms with van der Waals surface area (Å²) in [4.78, 5) is 2.40. The fourth-order valence-electron chi connectivity index (χ4n) is 1.79. The molecule has 0 heterocycles. The third-order valence-electron chi connectivity index (χ3n) is 2.59. The summed E-state index contributed by atoms with van der Waals surface area (Å²) in [5, 5.41) is 4.91. The zero-order chi connectivity index (χ0) is 16.2. The van der Waals surface area contributed by atoms with E-state index in [2.05, 4.69) is 10.1 Å². The maximum Gasteiger partial charge on any atom is 0.257 e. The Morgan fingerprint density at radius 3 is 2.43 bits per heavy atom. The van der Waals surface area contributed by atoms with Crippen molar-refractivity contribution in [3.8, 4) is 5.75 Å². The molecule has 1 rings (SSSR count). The zero-order valence-electron chi connectivity index (χ0n) is 12.9. The largest absolute Gasteiger partial charge is 0.495 e. The highest BCUT2D eigenvalue weighted by Crippen LogP contribution is 2.31. The second-order valence-corrected chi connectivity index (χ2v) is 7.19. The quantitative estimate of drug-likeness (QED) is 0.741. The minimum Gasteiger partial charge on any atom is -0.495 e. The van der Waals surface area contributed by atoms with Gasteiger partial charge in [0.2, 0.25) is 0 Å². The van der Waals surface area contributed by atoms with Crippen molar-refractivity contribution in [2.45, 2.75) is 31.3 Å². The summed E-state index contributed by atoms with van der Waals surface area (Å²) in [6.07, 6.45) is 0. The van der Waals surface area contributed by atoms with Gasteiger partial charge >= 0.3 is 0 Å². The first-order valence-electron chi connectivity index (χ1n) is 6.47. The number of nitrogens with one attached hydrogen (secondary N) is 2. The Hall–Kier alpha value is -0.860. The Balaban J connectivity index is 3.32. The summed E-state index contributed by atoms with van der Waals surface area (Å²) in [6, 6.07) is 3.34. The van der Waals surface area contributed by atoms with Crippen LogP contribution in [-0.4, -0.2) is 40.7 Å². The van der Waals surface area contributed by atoms with Crippen LogP contribution < -0.4 is 14.9 Å². The van der Waals surface area contributed by atoms with Crippen LogP contribution in [0, 0.1) is 0 Å². The fraction of sp³-hybridized carbons (Fsp3) is 0.538. The van der Waals surface area contributed by atoms with Gasteiger partial charge in [-0.25, -0.2) is 13.4 Å². The molecule has 0 fully saturated rings. The van der Waals surface area contributed by atoms with Gasteiger partial charge in [-0.3, -0.25) is 0 Å². The number of hydrogen-bond acceptors (Lipinski definition) is 5. The molecule has 120 valence electrons. The molecule has 0 aromatic heterocycles. The highest BCUT2D eigenvalue weighted by atomic mass is 35.5. The molecule has 0 unspecified atom stereocenters. The van der Waals surface area contributed by atoms with Crippen LogP contribution in [0.5, 0.6) is 5.75 Å². The van der Waals surface area contributed by atoms with E-state index in [1.165, 1.54) is 18.2 Å². The van der Waals surface area contributed by atoms with E-state index in [9.17, 15) is 8.42 Å². The molecule has 0 aliphatic carbocycles. The fourth-order valence-corrected chi connectivity index (χ4v) is 3.41. The first kappa shape index (κ1) is 18.2. The van der Waals surface area contributed by atoms with Gasteiger partial charge in [0.15, 0.2) is 0 Å². The van der Waals surface area contributed by atoms with E-state index < -0.39 is 10.0 Å². The third kappa shape index (κ3) is 5.12. The maximum atomic E-state index is 12.4. The van der Waals surface area contributed by atoms with Crippen LogP contribution in [-0.2, 0) is 16.6 Å².